The van der Waals surface area contributed by atoms with Gasteiger partial charge >= 0.3 is 0 Å². The molecule has 1 aliphatic heterocycles. The van der Waals surface area contributed by atoms with E-state index in [2.05, 4.69) is 231 Å². The van der Waals surface area contributed by atoms with Crippen LogP contribution in [0.25, 0.3) is 132 Å². The van der Waals surface area contributed by atoms with Crippen molar-refractivity contribution in [2.75, 3.05) is 0 Å². The molecular formula is C64H38O. The third kappa shape index (κ3) is 5.40. The van der Waals surface area contributed by atoms with Gasteiger partial charge in [0.1, 0.15) is 11.5 Å². The molecule has 0 saturated carbocycles. The van der Waals surface area contributed by atoms with Gasteiger partial charge in [-0.25, -0.2) is 0 Å². The standard InChI is InChI=1S/C64H38O/c1-3-14-39(15-4-1)48-33-35-58-62-50(48)26-13-27-53(62)56-38-43(31-34-57(56)65-58)42-30-32-49-44(36-42)21-12-25-47(49)45-20-9-22-46(37-45)61-52-24-8-7-23-51(52)60(41-16-5-2-6-17-41)63-54-28-10-18-40-19-11-29-55(59(40)54)64(61)63/h1-38H. The lowest BCUT2D eigenvalue weighted by molar-refractivity contribution is 0.487. The average Bonchev–Trinajstić information content (AvgIpc) is 3.70. The first-order valence-corrected chi connectivity index (χ1v) is 22.5. The number of benzene rings is 12. The first-order valence-electron chi connectivity index (χ1n) is 22.5. The van der Waals surface area contributed by atoms with E-state index in [-0.39, 0.29) is 0 Å². The molecule has 0 fully saturated rings. The molecular weight excluding hydrogens is 785 g/mol. The minimum absolute atomic E-state index is 0.887. The summed E-state index contributed by atoms with van der Waals surface area (Å²) in [6.45, 7) is 0. The highest BCUT2D eigenvalue weighted by Crippen LogP contribution is 2.58. The Kier molecular flexibility index (Phi) is 7.75. The molecule has 0 radical (unpaired) electrons. The van der Waals surface area contributed by atoms with Gasteiger partial charge in [0, 0.05) is 10.9 Å². The van der Waals surface area contributed by atoms with Crippen LogP contribution in [0.3, 0.4) is 0 Å². The van der Waals surface area contributed by atoms with Gasteiger partial charge in [0.2, 0.25) is 0 Å². The van der Waals surface area contributed by atoms with E-state index in [0.717, 1.165) is 28.0 Å². The van der Waals surface area contributed by atoms with Crippen molar-refractivity contribution in [1.29, 1.82) is 0 Å². The molecule has 0 spiro atoms. The first-order chi connectivity index (χ1) is 32.2. The van der Waals surface area contributed by atoms with E-state index in [1.807, 2.05) is 0 Å². The summed E-state index contributed by atoms with van der Waals surface area (Å²) in [4.78, 5) is 0. The Hall–Kier alpha value is -8.52. The van der Waals surface area contributed by atoms with Crippen LogP contribution in [-0.4, -0.2) is 0 Å². The van der Waals surface area contributed by atoms with Gasteiger partial charge in [-0.3, -0.25) is 0 Å². The molecule has 1 aliphatic carbocycles. The monoisotopic (exact) mass is 822 g/mol. The maximum Gasteiger partial charge on any atom is 0.135 e. The third-order valence-corrected chi connectivity index (χ3v) is 14.0. The highest BCUT2D eigenvalue weighted by Gasteiger charge is 2.30. The zero-order valence-electron chi connectivity index (χ0n) is 35.3. The van der Waals surface area contributed by atoms with Crippen molar-refractivity contribution in [2.45, 2.75) is 0 Å². The van der Waals surface area contributed by atoms with Crippen molar-refractivity contribution in [2.24, 2.45) is 0 Å². The van der Waals surface area contributed by atoms with Crippen LogP contribution < -0.4 is 4.74 Å². The van der Waals surface area contributed by atoms with E-state index >= 15 is 0 Å². The molecule has 12 aromatic carbocycles. The quantitative estimate of drug-likeness (QED) is 0.168. The van der Waals surface area contributed by atoms with Crippen molar-refractivity contribution < 1.29 is 4.74 Å². The van der Waals surface area contributed by atoms with Crippen LogP contribution in [0, 0.1) is 0 Å². The predicted octanol–water partition coefficient (Wildman–Crippen LogP) is 18.1. The van der Waals surface area contributed by atoms with Gasteiger partial charge in [-0.2, -0.15) is 0 Å². The number of rotatable bonds is 5. The van der Waals surface area contributed by atoms with Gasteiger partial charge in [0.05, 0.1) is 0 Å². The molecule has 65 heavy (non-hydrogen) atoms. The van der Waals surface area contributed by atoms with Gasteiger partial charge in [0.15, 0.2) is 0 Å². The molecule has 0 saturated heterocycles. The Balaban J connectivity index is 0.898. The summed E-state index contributed by atoms with van der Waals surface area (Å²) in [7, 11) is 0. The fourth-order valence-corrected chi connectivity index (χ4v) is 11.2. The molecule has 1 nitrogen and oxygen atoms in total. The molecule has 0 bridgehead atoms. The molecule has 12 aromatic rings. The molecule has 2 aliphatic rings. The highest BCUT2D eigenvalue weighted by molar-refractivity contribution is 6.27. The van der Waals surface area contributed by atoms with E-state index < -0.39 is 0 Å². The van der Waals surface area contributed by atoms with Crippen molar-refractivity contribution in [1.82, 2.24) is 0 Å². The molecule has 1 heteroatoms. The zero-order chi connectivity index (χ0) is 42.6. The lowest BCUT2D eigenvalue weighted by Gasteiger charge is -2.23. The molecule has 0 N–H and O–H groups in total. The van der Waals surface area contributed by atoms with Crippen molar-refractivity contribution in [3.63, 3.8) is 0 Å². The van der Waals surface area contributed by atoms with Crippen molar-refractivity contribution >= 4 is 43.1 Å². The van der Waals surface area contributed by atoms with E-state index in [1.165, 1.54) is 116 Å². The largest absolute Gasteiger partial charge is 0.456 e. The number of hydrogen-bond donors (Lipinski definition) is 0. The van der Waals surface area contributed by atoms with E-state index in [9.17, 15) is 0 Å². The normalized spacial score (nSPS) is 12.1. The Morgan fingerprint density at radius 1 is 0.215 bits per heavy atom. The maximum atomic E-state index is 6.61. The van der Waals surface area contributed by atoms with Crippen LogP contribution in [0.1, 0.15) is 0 Å². The fourth-order valence-electron chi connectivity index (χ4n) is 11.2. The van der Waals surface area contributed by atoms with Crippen molar-refractivity contribution in [3.05, 3.63) is 231 Å². The molecule has 14 rings (SSSR count). The summed E-state index contributed by atoms with van der Waals surface area (Å²) >= 11 is 0. The van der Waals surface area contributed by atoms with Crippen LogP contribution in [0.5, 0.6) is 11.5 Å². The second-order valence-corrected chi connectivity index (χ2v) is 17.5. The summed E-state index contributed by atoms with van der Waals surface area (Å²) in [6, 6.07) is 84.7. The van der Waals surface area contributed by atoms with E-state index in [4.69, 9.17) is 4.74 Å². The summed E-state index contributed by atoms with van der Waals surface area (Å²) < 4.78 is 6.61. The van der Waals surface area contributed by atoms with Gasteiger partial charge in [-0.05, 0) is 151 Å². The Bertz CT molecular complexity index is 3950. The second-order valence-electron chi connectivity index (χ2n) is 17.5. The Morgan fingerprint density at radius 2 is 0.754 bits per heavy atom. The Morgan fingerprint density at radius 3 is 1.52 bits per heavy atom. The third-order valence-electron chi connectivity index (χ3n) is 14.0. The van der Waals surface area contributed by atoms with Crippen LogP contribution >= 0.6 is 0 Å². The summed E-state index contributed by atoms with van der Waals surface area (Å²) in [5.41, 5.74) is 19.8. The van der Waals surface area contributed by atoms with Crippen LogP contribution in [0.2, 0.25) is 0 Å². The summed E-state index contributed by atoms with van der Waals surface area (Å²) in [5, 5.41) is 9.95. The number of ether oxygens (including phenoxy) is 1. The minimum Gasteiger partial charge on any atom is -0.456 e. The second kappa shape index (κ2) is 14.0. The highest BCUT2D eigenvalue weighted by atomic mass is 16.5. The van der Waals surface area contributed by atoms with Gasteiger partial charge in [-0.15, -0.1) is 0 Å². The number of fused-ring (bicyclic) bond motifs is 7. The molecule has 0 aromatic heterocycles. The lowest BCUT2D eigenvalue weighted by Crippen LogP contribution is -1.98. The lowest BCUT2D eigenvalue weighted by atomic mass is 9.82. The van der Waals surface area contributed by atoms with Crippen molar-refractivity contribution in [3.8, 4) is 101 Å². The molecule has 0 unspecified atom stereocenters. The molecule has 300 valence electrons. The SMILES string of the molecule is c1ccc(-c2c3c(c(-c4cccc(-c5cccc6cc(-c7ccc8c(c7)-c7cccc9c(-c%10ccccc%10)ccc(c79)O8)ccc56)c4)c4ccccc24)-c2cccc4cccc-3c24)cc1. The first kappa shape index (κ1) is 36.0. The molecule has 0 amide bonds. The molecule has 1 heterocycles. The average molecular weight is 823 g/mol. The Labute approximate surface area is 377 Å². The van der Waals surface area contributed by atoms with Crippen LogP contribution in [-0.2, 0) is 0 Å². The minimum atomic E-state index is 0.887. The summed E-state index contributed by atoms with van der Waals surface area (Å²) in [5.74, 6) is 1.79. The smallest absolute Gasteiger partial charge is 0.135 e. The van der Waals surface area contributed by atoms with Gasteiger partial charge < -0.3 is 4.74 Å². The fraction of sp³-hybridized carbons (Fsp3) is 0. The van der Waals surface area contributed by atoms with E-state index in [0.29, 0.717) is 0 Å². The summed E-state index contributed by atoms with van der Waals surface area (Å²) in [6.07, 6.45) is 0. The maximum absolute atomic E-state index is 6.61. The van der Waals surface area contributed by atoms with Crippen LogP contribution in [0.15, 0.2) is 231 Å². The zero-order valence-corrected chi connectivity index (χ0v) is 35.3. The predicted molar refractivity (Wildman–Crippen MR) is 274 cm³/mol. The van der Waals surface area contributed by atoms with Gasteiger partial charge in [-0.1, -0.05) is 200 Å². The van der Waals surface area contributed by atoms with Gasteiger partial charge in [0.25, 0.3) is 0 Å². The topological polar surface area (TPSA) is 9.23 Å². The molecule has 0 atom stereocenters. The van der Waals surface area contributed by atoms with Crippen LogP contribution in [0.4, 0.5) is 0 Å². The number of hydrogen-bond acceptors (Lipinski definition) is 1. The van der Waals surface area contributed by atoms with E-state index in [1.54, 1.807) is 0 Å².